The van der Waals surface area contributed by atoms with E-state index in [0.29, 0.717) is 10.4 Å². The topological polar surface area (TPSA) is 78.9 Å². The third kappa shape index (κ3) is 2.73. The van der Waals surface area contributed by atoms with Gasteiger partial charge in [-0.15, -0.1) is 10.2 Å². The second-order valence-corrected chi connectivity index (χ2v) is 7.43. The molecule has 0 spiro atoms. The minimum absolute atomic E-state index is 0.0601. The van der Waals surface area contributed by atoms with Gasteiger partial charge in [0.25, 0.3) is 0 Å². The van der Waals surface area contributed by atoms with Gasteiger partial charge in [-0.1, -0.05) is 29.7 Å². The highest BCUT2D eigenvalue weighted by atomic mass is 32.2. The van der Waals surface area contributed by atoms with E-state index in [1.54, 1.807) is 0 Å². The van der Waals surface area contributed by atoms with E-state index in [-0.39, 0.29) is 5.69 Å². The van der Waals surface area contributed by atoms with E-state index in [1.807, 2.05) is 24.3 Å². The highest BCUT2D eigenvalue weighted by molar-refractivity contribution is 7.99. The predicted octanol–water partition coefficient (Wildman–Crippen LogP) is 3.20. The fourth-order valence-electron chi connectivity index (χ4n) is 3.39. The van der Waals surface area contributed by atoms with E-state index >= 15 is 0 Å². The highest BCUT2D eigenvalue weighted by Crippen LogP contribution is 2.66. The van der Waals surface area contributed by atoms with Crippen molar-refractivity contribution < 1.29 is 9.90 Å². The summed E-state index contributed by atoms with van der Waals surface area (Å²) in [6.07, 6.45) is 5.08. The van der Waals surface area contributed by atoms with Crippen LogP contribution < -0.4 is 0 Å². The first kappa shape index (κ1) is 14.3. The van der Waals surface area contributed by atoms with Crippen LogP contribution in [-0.2, 0) is 0 Å². The first-order valence-corrected chi connectivity index (χ1v) is 8.36. The minimum Gasteiger partial charge on any atom is -0.476 e. The number of nitrogens with zero attached hydrogens (tertiary/aromatic N) is 2. The van der Waals surface area contributed by atoms with Crippen LogP contribution in [0.15, 0.2) is 34.2 Å². The summed E-state index contributed by atoms with van der Waals surface area (Å²) in [5.41, 5.74) is 1.43. The van der Waals surface area contributed by atoms with Crippen molar-refractivity contribution in [3.63, 3.8) is 0 Å². The molecule has 0 aliphatic heterocycles. The van der Waals surface area contributed by atoms with Crippen molar-refractivity contribution in [1.29, 1.82) is 0 Å². The molecule has 0 radical (unpaired) electrons. The van der Waals surface area contributed by atoms with Gasteiger partial charge in [0.05, 0.1) is 0 Å². The summed E-state index contributed by atoms with van der Waals surface area (Å²) < 4.78 is 0. The standard InChI is InChI=1S/C17H15N3O2S/c21-16(22)14-15(19-20-18-14)23-13-5-1-3-11(7-13)4-2-6-17-8-12(9-17)10-17/h1,3,5,7,12H,6,8-10H2,(H,21,22)(H,18,19,20). The molecule has 5 nitrogen and oxygen atoms in total. The average molecular weight is 325 g/mol. The molecule has 0 amide bonds. The lowest BCUT2D eigenvalue weighted by Gasteiger charge is -2.61. The molecular formula is C17H15N3O2S. The van der Waals surface area contributed by atoms with Crippen LogP contribution in [0.4, 0.5) is 0 Å². The molecule has 5 rings (SSSR count). The molecule has 1 aromatic carbocycles. The SMILES string of the molecule is O=C(O)c1n[nH]nc1Sc1cccc(C#CCC23CC(C2)C3)c1. The quantitative estimate of drug-likeness (QED) is 0.844. The Balaban J connectivity index is 1.46. The molecule has 3 fully saturated rings. The summed E-state index contributed by atoms with van der Waals surface area (Å²) in [4.78, 5) is 12.0. The maximum Gasteiger partial charge on any atom is 0.359 e. The molecule has 0 atom stereocenters. The van der Waals surface area contributed by atoms with Gasteiger partial charge in [-0.3, -0.25) is 0 Å². The normalized spacial score (nSPS) is 24.1. The lowest BCUT2D eigenvalue weighted by Crippen LogP contribution is -2.51. The molecule has 3 aliphatic carbocycles. The van der Waals surface area contributed by atoms with Gasteiger partial charge < -0.3 is 5.11 Å². The number of carboxylic acid groups (broad SMARTS) is 1. The van der Waals surface area contributed by atoms with E-state index in [1.165, 1.54) is 31.0 Å². The monoisotopic (exact) mass is 325 g/mol. The van der Waals surface area contributed by atoms with Gasteiger partial charge >= 0.3 is 5.97 Å². The number of hydrogen-bond acceptors (Lipinski definition) is 4. The Morgan fingerprint density at radius 1 is 1.39 bits per heavy atom. The van der Waals surface area contributed by atoms with E-state index in [0.717, 1.165) is 22.8 Å². The predicted molar refractivity (Wildman–Crippen MR) is 85.2 cm³/mol. The van der Waals surface area contributed by atoms with Crippen LogP contribution in [0.1, 0.15) is 41.7 Å². The number of H-pyrrole nitrogens is 1. The van der Waals surface area contributed by atoms with Gasteiger partial charge in [0, 0.05) is 16.9 Å². The zero-order chi connectivity index (χ0) is 15.9. The molecule has 3 saturated carbocycles. The molecule has 23 heavy (non-hydrogen) atoms. The van der Waals surface area contributed by atoms with E-state index < -0.39 is 5.97 Å². The van der Waals surface area contributed by atoms with Crippen LogP contribution >= 0.6 is 11.8 Å². The number of nitrogens with one attached hydrogen (secondary N) is 1. The number of carboxylic acids is 1. The lowest BCUT2D eigenvalue weighted by molar-refractivity contribution is -0.101. The van der Waals surface area contributed by atoms with Gasteiger partial charge in [-0.25, -0.2) is 4.79 Å². The minimum atomic E-state index is -1.09. The fourth-order valence-corrected chi connectivity index (χ4v) is 4.26. The first-order valence-electron chi connectivity index (χ1n) is 7.54. The number of carbonyl (C=O) groups is 1. The van der Waals surface area contributed by atoms with E-state index in [2.05, 4.69) is 27.3 Å². The summed E-state index contributed by atoms with van der Waals surface area (Å²) in [5, 5.41) is 19.3. The van der Waals surface area contributed by atoms with Crippen molar-refractivity contribution in [2.24, 2.45) is 11.3 Å². The summed E-state index contributed by atoms with van der Waals surface area (Å²) in [6.45, 7) is 0. The molecule has 6 heteroatoms. The largest absolute Gasteiger partial charge is 0.476 e. The Morgan fingerprint density at radius 3 is 2.91 bits per heavy atom. The summed E-state index contributed by atoms with van der Waals surface area (Å²) in [6, 6.07) is 7.77. The maximum atomic E-state index is 11.1. The number of aromatic carboxylic acids is 1. The van der Waals surface area contributed by atoms with Crippen molar-refractivity contribution in [2.75, 3.05) is 0 Å². The number of rotatable bonds is 4. The third-order valence-electron chi connectivity index (χ3n) is 4.63. The van der Waals surface area contributed by atoms with Gasteiger partial charge in [-0.05, 0) is 48.8 Å². The molecule has 116 valence electrons. The van der Waals surface area contributed by atoms with E-state index in [9.17, 15) is 4.79 Å². The molecule has 3 aliphatic rings. The van der Waals surface area contributed by atoms with Gasteiger partial charge in [-0.2, -0.15) is 5.21 Å². The van der Waals surface area contributed by atoms with Gasteiger partial charge in [0.2, 0.25) is 5.69 Å². The van der Waals surface area contributed by atoms with Crippen LogP contribution in [0.25, 0.3) is 0 Å². The van der Waals surface area contributed by atoms with Crippen molar-refractivity contribution in [2.45, 2.75) is 35.6 Å². The van der Waals surface area contributed by atoms with Crippen LogP contribution in [0.3, 0.4) is 0 Å². The molecular weight excluding hydrogens is 310 g/mol. The average Bonchev–Trinajstić information content (AvgIpc) is 2.89. The first-order chi connectivity index (χ1) is 11.1. The Labute approximate surface area is 137 Å². The van der Waals surface area contributed by atoms with Crippen LogP contribution in [0, 0.1) is 23.2 Å². The van der Waals surface area contributed by atoms with Crippen molar-refractivity contribution >= 4 is 17.7 Å². The zero-order valence-electron chi connectivity index (χ0n) is 12.4. The van der Waals surface area contributed by atoms with Crippen molar-refractivity contribution in [3.05, 3.63) is 35.5 Å². The van der Waals surface area contributed by atoms with Crippen LogP contribution in [-0.4, -0.2) is 26.5 Å². The second kappa shape index (κ2) is 5.43. The zero-order valence-corrected chi connectivity index (χ0v) is 13.2. The molecule has 2 aromatic rings. The molecule has 2 bridgehead atoms. The Morgan fingerprint density at radius 2 is 2.22 bits per heavy atom. The summed E-state index contributed by atoms with van der Waals surface area (Å²) >= 11 is 1.27. The van der Waals surface area contributed by atoms with Crippen molar-refractivity contribution in [1.82, 2.24) is 15.4 Å². The maximum absolute atomic E-state index is 11.1. The molecule has 0 saturated heterocycles. The third-order valence-corrected chi connectivity index (χ3v) is 5.60. The summed E-state index contributed by atoms with van der Waals surface area (Å²) in [7, 11) is 0. The Bertz CT molecular complexity index is 817. The number of hydrogen-bond donors (Lipinski definition) is 2. The summed E-state index contributed by atoms with van der Waals surface area (Å²) in [5.74, 6) is 6.44. The molecule has 0 unspecified atom stereocenters. The lowest BCUT2D eigenvalue weighted by atomic mass is 9.43. The van der Waals surface area contributed by atoms with Crippen LogP contribution in [0.2, 0.25) is 0 Å². The highest BCUT2D eigenvalue weighted by Gasteiger charge is 2.55. The second-order valence-electron chi connectivity index (χ2n) is 6.37. The molecule has 1 heterocycles. The van der Waals surface area contributed by atoms with Gasteiger partial charge in [0.1, 0.15) is 0 Å². The van der Waals surface area contributed by atoms with Gasteiger partial charge in [0.15, 0.2) is 5.03 Å². The number of aromatic amines is 1. The smallest absolute Gasteiger partial charge is 0.359 e. The fraction of sp³-hybridized carbons (Fsp3) is 0.353. The molecule has 2 N–H and O–H groups in total. The van der Waals surface area contributed by atoms with E-state index in [4.69, 9.17) is 5.11 Å². The van der Waals surface area contributed by atoms with Crippen LogP contribution in [0.5, 0.6) is 0 Å². The Hall–Kier alpha value is -2.26. The number of benzene rings is 1. The van der Waals surface area contributed by atoms with Crippen molar-refractivity contribution in [3.8, 4) is 11.8 Å². The molecule has 1 aromatic heterocycles. The Kier molecular flexibility index (Phi) is 3.38. The number of aromatic nitrogens is 3.